The highest BCUT2D eigenvalue weighted by molar-refractivity contribution is 6.04. The average molecular weight is 244 g/mol. The first-order chi connectivity index (χ1) is 8.65. The van der Waals surface area contributed by atoms with Crippen molar-refractivity contribution < 1.29 is 14.4 Å². The smallest absolute Gasteiger partial charge is 0.247 e. The van der Waals surface area contributed by atoms with Gasteiger partial charge in [0.2, 0.25) is 17.7 Å². The van der Waals surface area contributed by atoms with Gasteiger partial charge in [-0.2, -0.15) is 0 Å². The summed E-state index contributed by atoms with van der Waals surface area (Å²) in [5, 5.41) is 2.14. The molecule has 0 radical (unpaired) electrons. The summed E-state index contributed by atoms with van der Waals surface area (Å²) in [6, 6.07) is 9.33. The maximum absolute atomic E-state index is 11.8. The number of nitrogens with one attached hydrogen (secondary N) is 1. The lowest BCUT2D eigenvalue weighted by Crippen LogP contribution is -2.52. The molecule has 1 N–H and O–H groups in total. The van der Waals surface area contributed by atoms with Gasteiger partial charge in [-0.05, 0) is 11.6 Å². The zero-order valence-corrected chi connectivity index (χ0v) is 9.63. The maximum Gasteiger partial charge on any atom is 0.247 e. The Kier molecular flexibility index (Phi) is 3.52. The molecule has 5 heteroatoms. The molecule has 1 aromatic carbocycles. The Hall–Kier alpha value is -2.43. The monoisotopic (exact) mass is 244 g/mol. The molecule has 1 aliphatic rings. The van der Waals surface area contributed by atoms with E-state index in [1.165, 1.54) is 11.0 Å². The molecule has 1 saturated heterocycles. The molecule has 0 atom stereocenters. The molecule has 1 fully saturated rings. The van der Waals surface area contributed by atoms with E-state index in [9.17, 15) is 14.4 Å². The lowest BCUT2D eigenvalue weighted by atomic mass is 10.2. The van der Waals surface area contributed by atoms with Crippen molar-refractivity contribution in [1.29, 1.82) is 0 Å². The predicted molar refractivity (Wildman–Crippen MR) is 65.2 cm³/mol. The number of imide groups is 1. The minimum atomic E-state index is -0.451. The van der Waals surface area contributed by atoms with Gasteiger partial charge in [0.15, 0.2) is 0 Å². The van der Waals surface area contributed by atoms with Crippen molar-refractivity contribution in [2.24, 2.45) is 0 Å². The van der Waals surface area contributed by atoms with E-state index >= 15 is 0 Å². The third-order valence-electron chi connectivity index (χ3n) is 2.48. The van der Waals surface area contributed by atoms with Gasteiger partial charge in [-0.3, -0.25) is 19.7 Å². The first-order valence-corrected chi connectivity index (χ1v) is 5.50. The van der Waals surface area contributed by atoms with E-state index in [4.69, 9.17) is 0 Å². The van der Waals surface area contributed by atoms with Gasteiger partial charge in [-0.1, -0.05) is 30.3 Å². The fourth-order valence-corrected chi connectivity index (χ4v) is 1.63. The minimum absolute atomic E-state index is 0.0797. The largest absolute Gasteiger partial charge is 0.321 e. The topological polar surface area (TPSA) is 66.5 Å². The van der Waals surface area contributed by atoms with Crippen LogP contribution in [-0.2, 0) is 14.4 Å². The highest BCUT2D eigenvalue weighted by Gasteiger charge is 2.24. The highest BCUT2D eigenvalue weighted by atomic mass is 16.2. The van der Waals surface area contributed by atoms with E-state index in [0.29, 0.717) is 0 Å². The molecule has 1 heterocycles. The SMILES string of the molecule is O=C1CN(C(=O)C=Cc2ccccc2)CC(=O)N1. The predicted octanol–water partition coefficient (Wildman–Crippen LogP) is 0.185. The Bertz CT molecular complexity index is 492. The molecule has 3 amide bonds. The van der Waals surface area contributed by atoms with E-state index in [-0.39, 0.29) is 19.0 Å². The number of benzene rings is 1. The third kappa shape index (κ3) is 3.04. The zero-order chi connectivity index (χ0) is 13.0. The van der Waals surface area contributed by atoms with Crippen LogP contribution in [0.4, 0.5) is 0 Å². The highest BCUT2D eigenvalue weighted by Crippen LogP contribution is 2.03. The standard InChI is InChI=1S/C13H12N2O3/c16-11-8-15(9-12(17)14-11)13(18)7-6-10-4-2-1-3-5-10/h1-7H,8-9H2,(H,14,16,17). The quantitative estimate of drug-likeness (QED) is 0.596. The molecule has 0 bridgehead atoms. The van der Waals surface area contributed by atoms with E-state index < -0.39 is 11.8 Å². The number of hydrogen-bond acceptors (Lipinski definition) is 3. The normalized spacial score (nSPS) is 15.9. The molecule has 92 valence electrons. The summed E-state index contributed by atoms with van der Waals surface area (Å²) in [6.45, 7) is -0.159. The number of carbonyl (C=O) groups excluding carboxylic acids is 3. The van der Waals surface area contributed by atoms with Crippen molar-refractivity contribution >= 4 is 23.8 Å². The number of nitrogens with zero attached hydrogens (tertiary/aromatic N) is 1. The van der Waals surface area contributed by atoms with Crippen molar-refractivity contribution in [2.45, 2.75) is 0 Å². The van der Waals surface area contributed by atoms with Crippen LogP contribution < -0.4 is 5.32 Å². The first kappa shape index (κ1) is 12.0. The molecular weight excluding hydrogens is 232 g/mol. The van der Waals surface area contributed by atoms with Crippen LogP contribution in [0.2, 0.25) is 0 Å². The molecule has 18 heavy (non-hydrogen) atoms. The van der Waals surface area contributed by atoms with Crippen LogP contribution in [0.5, 0.6) is 0 Å². The van der Waals surface area contributed by atoms with Gasteiger partial charge in [0, 0.05) is 6.08 Å². The van der Waals surface area contributed by atoms with Crippen LogP contribution in [0.3, 0.4) is 0 Å². The van der Waals surface area contributed by atoms with Crippen LogP contribution >= 0.6 is 0 Å². The summed E-state index contributed by atoms with van der Waals surface area (Å²) in [5.41, 5.74) is 0.888. The Labute approximate surface area is 104 Å². The number of piperazine rings is 1. The van der Waals surface area contributed by atoms with E-state index in [2.05, 4.69) is 5.32 Å². The molecule has 0 spiro atoms. The molecular formula is C13H12N2O3. The Morgan fingerprint density at radius 3 is 2.33 bits per heavy atom. The van der Waals surface area contributed by atoms with Gasteiger partial charge in [0.1, 0.15) is 13.1 Å². The van der Waals surface area contributed by atoms with Crippen molar-refractivity contribution in [3.8, 4) is 0 Å². The second-order valence-electron chi connectivity index (χ2n) is 3.91. The molecule has 1 aliphatic heterocycles. The van der Waals surface area contributed by atoms with Gasteiger partial charge in [0.25, 0.3) is 0 Å². The molecule has 2 rings (SSSR count). The van der Waals surface area contributed by atoms with Gasteiger partial charge in [-0.25, -0.2) is 0 Å². The van der Waals surface area contributed by atoms with Crippen molar-refractivity contribution in [3.05, 3.63) is 42.0 Å². The van der Waals surface area contributed by atoms with Crippen LogP contribution in [-0.4, -0.2) is 35.7 Å². The number of hydrogen-bond donors (Lipinski definition) is 1. The molecule has 0 saturated carbocycles. The Balaban J connectivity index is 2.02. The number of rotatable bonds is 2. The minimum Gasteiger partial charge on any atom is -0.321 e. The van der Waals surface area contributed by atoms with Crippen LogP contribution in [0, 0.1) is 0 Å². The van der Waals surface area contributed by atoms with Crippen LogP contribution in [0.1, 0.15) is 5.56 Å². The van der Waals surface area contributed by atoms with Crippen LogP contribution in [0.25, 0.3) is 6.08 Å². The van der Waals surface area contributed by atoms with Crippen molar-refractivity contribution in [1.82, 2.24) is 10.2 Å². The molecule has 0 aliphatic carbocycles. The van der Waals surface area contributed by atoms with Gasteiger partial charge >= 0.3 is 0 Å². The summed E-state index contributed by atoms with van der Waals surface area (Å²) in [4.78, 5) is 35.2. The summed E-state index contributed by atoms with van der Waals surface area (Å²) < 4.78 is 0. The Morgan fingerprint density at radius 2 is 1.72 bits per heavy atom. The second-order valence-corrected chi connectivity index (χ2v) is 3.91. The average Bonchev–Trinajstić information content (AvgIpc) is 2.36. The van der Waals surface area contributed by atoms with Gasteiger partial charge < -0.3 is 4.90 Å². The number of carbonyl (C=O) groups is 3. The summed E-state index contributed by atoms with van der Waals surface area (Å²) >= 11 is 0. The van der Waals surface area contributed by atoms with Crippen LogP contribution in [0.15, 0.2) is 36.4 Å². The Morgan fingerprint density at radius 1 is 1.11 bits per heavy atom. The van der Waals surface area contributed by atoms with E-state index in [0.717, 1.165) is 5.56 Å². The fraction of sp³-hybridized carbons (Fsp3) is 0.154. The summed E-state index contributed by atoms with van der Waals surface area (Å²) in [7, 11) is 0. The molecule has 5 nitrogen and oxygen atoms in total. The van der Waals surface area contributed by atoms with Crippen molar-refractivity contribution in [2.75, 3.05) is 13.1 Å². The summed E-state index contributed by atoms with van der Waals surface area (Å²) in [5.74, 6) is -1.25. The van der Waals surface area contributed by atoms with Gasteiger partial charge in [0.05, 0.1) is 0 Å². The molecule has 1 aromatic rings. The summed E-state index contributed by atoms with van der Waals surface area (Å²) in [6.07, 6.45) is 3.01. The second kappa shape index (κ2) is 5.27. The third-order valence-corrected chi connectivity index (χ3v) is 2.48. The molecule has 0 unspecified atom stereocenters. The maximum atomic E-state index is 11.8. The van der Waals surface area contributed by atoms with Crippen molar-refractivity contribution in [3.63, 3.8) is 0 Å². The number of amides is 3. The fourth-order valence-electron chi connectivity index (χ4n) is 1.63. The van der Waals surface area contributed by atoms with E-state index in [1.54, 1.807) is 6.08 Å². The van der Waals surface area contributed by atoms with E-state index in [1.807, 2.05) is 30.3 Å². The lowest BCUT2D eigenvalue weighted by Gasteiger charge is -2.24. The lowest BCUT2D eigenvalue weighted by molar-refractivity contribution is -0.143. The van der Waals surface area contributed by atoms with Gasteiger partial charge in [-0.15, -0.1) is 0 Å². The molecule has 0 aromatic heterocycles. The first-order valence-electron chi connectivity index (χ1n) is 5.50. The zero-order valence-electron chi connectivity index (χ0n) is 9.63.